The molecule has 0 unspecified atom stereocenters. The van der Waals surface area contributed by atoms with Crippen molar-refractivity contribution in [3.63, 3.8) is 0 Å². The second-order valence-corrected chi connectivity index (χ2v) is 6.79. The smallest absolute Gasteiger partial charge is 0.191 e. The summed E-state index contributed by atoms with van der Waals surface area (Å²) in [5, 5.41) is 12.6. The summed E-state index contributed by atoms with van der Waals surface area (Å²) < 4.78 is 5.29. The summed E-state index contributed by atoms with van der Waals surface area (Å²) >= 11 is 0. The van der Waals surface area contributed by atoms with Crippen molar-refractivity contribution in [3.8, 4) is 11.8 Å². The molecule has 2 aromatic rings. The molecule has 0 saturated carbocycles. The van der Waals surface area contributed by atoms with Crippen LogP contribution in [-0.2, 0) is 6.42 Å². The Morgan fingerprint density at radius 2 is 2.04 bits per heavy atom. The first kappa shape index (κ1) is 16.8. The molecule has 3 rings (SSSR count). The average Bonchev–Trinajstić information content (AvgIpc) is 2.60. The van der Waals surface area contributed by atoms with Crippen molar-refractivity contribution >= 4 is 11.5 Å². The zero-order valence-electron chi connectivity index (χ0n) is 14.6. The Bertz CT molecular complexity index is 904. The number of rotatable bonds is 3. The zero-order valence-corrected chi connectivity index (χ0v) is 14.6. The Hall–Kier alpha value is -3.06. The van der Waals surface area contributed by atoms with Gasteiger partial charge in [0.25, 0.3) is 0 Å². The normalized spacial score (nSPS) is 16.5. The lowest BCUT2D eigenvalue weighted by atomic mass is 9.84. The summed E-state index contributed by atoms with van der Waals surface area (Å²) in [6.07, 6.45) is 2.40. The molecule has 0 amide bonds. The molecule has 0 aromatic heterocycles. The molecule has 0 saturated heterocycles. The number of para-hydroxylation sites is 1. The molecule has 0 radical (unpaired) electrons. The fourth-order valence-electron chi connectivity index (χ4n) is 3.20. The molecule has 0 fully saturated rings. The van der Waals surface area contributed by atoms with Crippen molar-refractivity contribution < 1.29 is 9.53 Å². The second-order valence-electron chi connectivity index (χ2n) is 6.79. The molecule has 1 heterocycles. The highest BCUT2D eigenvalue weighted by Crippen LogP contribution is 2.31. The molecule has 4 heteroatoms. The van der Waals surface area contributed by atoms with Crippen LogP contribution in [0.1, 0.15) is 40.9 Å². The Morgan fingerprint density at radius 1 is 1.28 bits per heavy atom. The predicted molar refractivity (Wildman–Crippen MR) is 97.4 cm³/mol. The van der Waals surface area contributed by atoms with Crippen molar-refractivity contribution in [1.82, 2.24) is 5.32 Å². The lowest BCUT2D eigenvalue weighted by molar-refractivity contribution is 0.104. The van der Waals surface area contributed by atoms with Crippen molar-refractivity contribution in [2.45, 2.75) is 25.8 Å². The summed E-state index contributed by atoms with van der Waals surface area (Å²) in [7, 11) is 1.56. The molecule has 0 spiro atoms. The first-order chi connectivity index (χ1) is 11.9. The molecular weight excluding hydrogens is 312 g/mol. The van der Waals surface area contributed by atoms with Crippen molar-refractivity contribution in [2.24, 2.45) is 0 Å². The summed E-state index contributed by atoms with van der Waals surface area (Å²) in [4.78, 5) is 12.8. The van der Waals surface area contributed by atoms with E-state index >= 15 is 0 Å². The maximum atomic E-state index is 12.8. The molecule has 1 aliphatic heterocycles. The number of nitrogens with zero attached hydrogens (tertiary/aromatic N) is 1. The van der Waals surface area contributed by atoms with Crippen molar-refractivity contribution in [1.29, 1.82) is 5.26 Å². The van der Waals surface area contributed by atoms with Gasteiger partial charge in [0.1, 0.15) is 5.75 Å². The monoisotopic (exact) mass is 332 g/mol. The van der Waals surface area contributed by atoms with Gasteiger partial charge in [-0.15, -0.1) is 0 Å². The largest absolute Gasteiger partial charge is 0.496 e. The molecule has 4 nitrogen and oxygen atoms in total. The van der Waals surface area contributed by atoms with Gasteiger partial charge in [0, 0.05) is 22.9 Å². The number of ketones is 1. The quantitative estimate of drug-likeness (QED) is 0.687. The van der Waals surface area contributed by atoms with Gasteiger partial charge in [0.2, 0.25) is 0 Å². The number of allylic oxidation sites excluding steroid dienone is 1. The highest BCUT2D eigenvalue weighted by atomic mass is 16.5. The van der Waals surface area contributed by atoms with Gasteiger partial charge >= 0.3 is 0 Å². The Morgan fingerprint density at radius 3 is 2.76 bits per heavy atom. The van der Waals surface area contributed by atoms with Crippen LogP contribution in [0, 0.1) is 11.3 Å². The third-order valence-corrected chi connectivity index (χ3v) is 4.28. The number of methoxy groups -OCH3 is 1. The number of hydrogen-bond acceptors (Lipinski definition) is 4. The average molecular weight is 332 g/mol. The topological polar surface area (TPSA) is 62.1 Å². The summed E-state index contributed by atoms with van der Waals surface area (Å²) in [5.74, 6) is 0.437. The van der Waals surface area contributed by atoms with E-state index in [1.54, 1.807) is 31.4 Å². The molecule has 25 heavy (non-hydrogen) atoms. The third kappa shape index (κ3) is 3.41. The van der Waals surface area contributed by atoms with Gasteiger partial charge in [-0.25, -0.2) is 0 Å². The van der Waals surface area contributed by atoms with Crippen LogP contribution in [0.25, 0.3) is 5.70 Å². The van der Waals surface area contributed by atoms with Crippen LogP contribution in [0.3, 0.4) is 0 Å². The molecule has 1 N–H and O–H groups in total. The number of carbonyl (C=O) groups is 1. The predicted octanol–water partition coefficient (Wildman–Crippen LogP) is 3.71. The van der Waals surface area contributed by atoms with Gasteiger partial charge in [-0.1, -0.05) is 18.2 Å². The first-order valence-electron chi connectivity index (χ1n) is 8.14. The van der Waals surface area contributed by atoms with Gasteiger partial charge in [-0.05, 0) is 50.1 Å². The van der Waals surface area contributed by atoms with E-state index in [4.69, 9.17) is 10.00 Å². The molecule has 0 aliphatic carbocycles. The standard InChI is InChI=1S/C21H20N2O2/c1-21(2)12-15-10-14(13-22)8-9-16(15)18(23-21)11-19(24)17-6-4-5-7-20(17)25-3/h4-11,23H,12H2,1-3H3. The highest BCUT2D eigenvalue weighted by molar-refractivity contribution is 6.10. The summed E-state index contributed by atoms with van der Waals surface area (Å²) in [6.45, 7) is 4.16. The molecule has 126 valence electrons. The van der Waals surface area contributed by atoms with Crippen LogP contribution < -0.4 is 10.1 Å². The van der Waals surface area contributed by atoms with Crippen molar-refractivity contribution in [2.75, 3.05) is 7.11 Å². The van der Waals surface area contributed by atoms with E-state index in [0.29, 0.717) is 16.9 Å². The van der Waals surface area contributed by atoms with E-state index in [1.807, 2.05) is 24.3 Å². The van der Waals surface area contributed by atoms with Gasteiger partial charge in [0.15, 0.2) is 5.78 Å². The van der Waals surface area contributed by atoms with E-state index < -0.39 is 0 Å². The number of benzene rings is 2. The summed E-state index contributed by atoms with van der Waals surface area (Å²) in [6, 6.07) is 14.9. The highest BCUT2D eigenvalue weighted by Gasteiger charge is 2.28. The molecule has 0 atom stereocenters. The Balaban J connectivity index is 2.06. The van der Waals surface area contributed by atoms with E-state index in [9.17, 15) is 4.79 Å². The lowest BCUT2D eigenvalue weighted by Gasteiger charge is -2.35. The van der Waals surface area contributed by atoms with E-state index in [0.717, 1.165) is 23.2 Å². The minimum Gasteiger partial charge on any atom is -0.496 e. The lowest BCUT2D eigenvalue weighted by Crippen LogP contribution is -2.43. The molecular formula is C21H20N2O2. The number of ether oxygens (including phenoxy) is 1. The minimum absolute atomic E-state index is 0.118. The van der Waals surface area contributed by atoms with Crippen molar-refractivity contribution in [3.05, 3.63) is 70.8 Å². The van der Waals surface area contributed by atoms with E-state index in [2.05, 4.69) is 25.2 Å². The number of nitriles is 1. The van der Waals surface area contributed by atoms with Gasteiger partial charge in [-0.3, -0.25) is 4.79 Å². The van der Waals surface area contributed by atoms with Gasteiger partial charge < -0.3 is 10.1 Å². The fraction of sp³-hybridized carbons (Fsp3) is 0.238. The molecule has 1 aliphatic rings. The summed E-state index contributed by atoms with van der Waals surface area (Å²) in [5.41, 5.74) is 3.76. The maximum Gasteiger partial charge on any atom is 0.191 e. The first-order valence-corrected chi connectivity index (χ1v) is 8.14. The van der Waals surface area contributed by atoms with Crippen LogP contribution in [0.4, 0.5) is 0 Å². The van der Waals surface area contributed by atoms with Gasteiger partial charge in [0.05, 0.1) is 24.3 Å². The number of hydrogen-bond donors (Lipinski definition) is 1. The van der Waals surface area contributed by atoms with Crippen LogP contribution >= 0.6 is 0 Å². The van der Waals surface area contributed by atoms with E-state index in [1.165, 1.54) is 0 Å². The van der Waals surface area contributed by atoms with Crippen LogP contribution in [0.2, 0.25) is 0 Å². The molecule has 2 aromatic carbocycles. The Kier molecular flexibility index (Phi) is 4.33. The number of carbonyl (C=O) groups excluding carboxylic acids is 1. The van der Waals surface area contributed by atoms with Crippen LogP contribution in [-0.4, -0.2) is 18.4 Å². The maximum absolute atomic E-state index is 12.8. The minimum atomic E-state index is -0.200. The van der Waals surface area contributed by atoms with Gasteiger partial charge in [-0.2, -0.15) is 5.26 Å². The fourth-order valence-corrected chi connectivity index (χ4v) is 3.20. The number of fused-ring (bicyclic) bond motifs is 1. The zero-order chi connectivity index (χ0) is 18.0. The number of nitrogens with one attached hydrogen (secondary N) is 1. The third-order valence-electron chi connectivity index (χ3n) is 4.28. The second kappa shape index (κ2) is 6.45. The van der Waals surface area contributed by atoms with E-state index in [-0.39, 0.29) is 11.3 Å². The van der Waals surface area contributed by atoms with Crippen LogP contribution in [0.5, 0.6) is 5.75 Å². The van der Waals surface area contributed by atoms with Crippen LogP contribution in [0.15, 0.2) is 48.5 Å². The SMILES string of the molecule is COc1ccccc1C(=O)C=C1NC(C)(C)Cc2cc(C#N)ccc21. The Labute approximate surface area is 147 Å². The molecule has 0 bridgehead atoms.